The lowest BCUT2D eigenvalue weighted by molar-refractivity contribution is -0.147. The third-order valence-corrected chi connectivity index (χ3v) is 12.8. The summed E-state index contributed by atoms with van der Waals surface area (Å²) in [5.74, 6) is -1.07. The van der Waals surface area contributed by atoms with E-state index in [1.165, 1.54) is 16.9 Å². The number of hydrogen-bond acceptors (Lipinski definition) is 9. The zero-order valence-corrected chi connectivity index (χ0v) is 41.3. The molecule has 1 aliphatic rings. The van der Waals surface area contributed by atoms with Crippen LogP contribution in [0.25, 0.3) is 11.3 Å². The molecular formula is C51H67ClN8O7. The average Bonchev–Trinajstić information content (AvgIpc) is 3.65. The van der Waals surface area contributed by atoms with Crippen LogP contribution < -0.4 is 15.4 Å². The molecule has 0 spiro atoms. The topological polar surface area (TPSA) is 159 Å². The standard InChI is InChI=1S/C51H67ClN8O7/c1-12-13-38-26-48(62)60(29-39-17-14-32(2)24-45(39)67-42-22-18-37(19-23-42)44-28-53-46(59(44)10)30-56(6)7)35(5)49(63)55-43(31-66-11)51(65)58(9)41(25-36-15-20-40(52)21-16-36)27-47(61)54-33(3)34(4)57(8)50(38)64/h12,14-24,28,33-35,38,41,43H,1,13,25-27,29-31H2,2-11H3,(H,54,61)(H,55,63)/t33-,34-,35-,38+,41-,43-/m0/s1. The molecule has 0 aliphatic carbocycles. The predicted octanol–water partition coefficient (Wildman–Crippen LogP) is 6.16. The predicted molar refractivity (Wildman–Crippen MR) is 260 cm³/mol. The van der Waals surface area contributed by atoms with Crippen molar-refractivity contribution >= 4 is 41.1 Å². The second-order valence-corrected chi connectivity index (χ2v) is 18.4. The summed E-state index contributed by atoms with van der Waals surface area (Å²) in [5.41, 5.74) is 4.28. The van der Waals surface area contributed by atoms with Crippen molar-refractivity contribution in [1.82, 2.24) is 39.8 Å². The molecular weight excluding hydrogens is 872 g/mol. The average molecular weight is 940 g/mol. The number of aryl methyl sites for hydroxylation is 1. The summed E-state index contributed by atoms with van der Waals surface area (Å²) >= 11 is 6.18. The van der Waals surface area contributed by atoms with E-state index in [4.69, 9.17) is 21.1 Å². The molecule has 0 bridgehead atoms. The van der Waals surface area contributed by atoms with Crippen LogP contribution in [0.4, 0.5) is 0 Å². The summed E-state index contributed by atoms with van der Waals surface area (Å²) in [6.07, 6.45) is 3.62. The van der Waals surface area contributed by atoms with Gasteiger partial charge in [0.05, 0.1) is 37.5 Å². The number of allylic oxidation sites excluding steroid dienone is 1. The number of aromatic nitrogens is 2. The molecule has 5 amide bonds. The monoisotopic (exact) mass is 938 g/mol. The smallest absolute Gasteiger partial charge is 0.247 e. The highest BCUT2D eigenvalue weighted by atomic mass is 35.5. The van der Waals surface area contributed by atoms with Crippen LogP contribution in [0.3, 0.4) is 0 Å². The van der Waals surface area contributed by atoms with Crippen LogP contribution in [0.5, 0.6) is 11.5 Å². The Bertz CT molecular complexity index is 2370. The first kappa shape index (κ1) is 51.9. The van der Waals surface area contributed by atoms with E-state index in [9.17, 15) is 24.0 Å². The molecule has 15 nitrogen and oxygen atoms in total. The summed E-state index contributed by atoms with van der Waals surface area (Å²) in [4.78, 5) is 82.8. The minimum absolute atomic E-state index is 0.0684. The van der Waals surface area contributed by atoms with E-state index in [-0.39, 0.29) is 44.2 Å². The summed E-state index contributed by atoms with van der Waals surface area (Å²) < 4.78 is 14.1. The Morgan fingerprint density at radius 1 is 0.896 bits per heavy atom. The van der Waals surface area contributed by atoms with Crippen LogP contribution in [0.1, 0.15) is 62.5 Å². The molecule has 2 N–H and O–H groups in total. The first-order valence-electron chi connectivity index (χ1n) is 22.6. The maximum absolute atomic E-state index is 14.8. The molecule has 2 heterocycles. The third kappa shape index (κ3) is 13.5. The fraction of sp³-hybridized carbons (Fsp3) is 0.451. The van der Waals surface area contributed by atoms with Crippen molar-refractivity contribution in [3.63, 3.8) is 0 Å². The van der Waals surface area contributed by atoms with E-state index in [1.807, 2.05) is 103 Å². The van der Waals surface area contributed by atoms with Gasteiger partial charge in [-0.05, 0) is 108 Å². The number of benzene rings is 3. The van der Waals surface area contributed by atoms with E-state index in [2.05, 4.69) is 31.7 Å². The summed E-state index contributed by atoms with van der Waals surface area (Å²) in [7, 11) is 10.7. The molecule has 1 saturated heterocycles. The Morgan fingerprint density at radius 2 is 1.58 bits per heavy atom. The number of methoxy groups -OCH3 is 1. The highest BCUT2D eigenvalue weighted by Gasteiger charge is 2.37. The number of carbonyl (C=O) groups is 5. The van der Waals surface area contributed by atoms with Crippen molar-refractivity contribution in [2.45, 2.75) is 96.7 Å². The van der Waals surface area contributed by atoms with Crippen molar-refractivity contribution in [3.05, 3.63) is 113 Å². The van der Waals surface area contributed by atoms with Gasteiger partial charge in [-0.3, -0.25) is 24.0 Å². The fourth-order valence-electron chi connectivity index (χ4n) is 8.19. The molecule has 360 valence electrons. The molecule has 1 aliphatic heterocycles. The van der Waals surface area contributed by atoms with Crippen LogP contribution in [0.15, 0.2) is 85.6 Å². The SMILES string of the molecule is C=CC[C@@H]1CC(=O)N(Cc2ccc(C)cc2Oc2ccc(-c3cnc(CN(C)C)n3C)cc2)[C@@H](C)C(=O)N[C@@H](COC)C(=O)N(C)[C@@H](Cc2ccc(Cl)cc2)CC(=O)N[C@@H](C)[C@H](C)N(C)C1=O. The van der Waals surface area contributed by atoms with Gasteiger partial charge in [0, 0.05) is 75.4 Å². The van der Waals surface area contributed by atoms with Gasteiger partial charge in [0.25, 0.3) is 0 Å². The maximum Gasteiger partial charge on any atom is 0.247 e. The molecule has 0 unspecified atom stereocenters. The molecule has 5 rings (SSSR count). The van der Waals surface area contributed by atoms with Crippen LogP contribution in [0, 0.1) is 12.8 Å². The zero-order valence-electron chi connectivity index (χ0n) is 40.5. The maximum atomic E-state index is 14.8. The second kappa shape index (κ2) is 23.6. The summed E-state index contributed by atoms with van der Waals surface area (Å²) in [5, 5.41) is 6.43. The quantitative estimate of drug-likeness (QED) is 0.150. The zero-order chi connectivity index (χ0) is 49.1. The number of halogens is 1. The van der Waals surface area contributed by atoms with Gasteiger partial charge >= 0.3 is 0 Å². The minimum Gasteiger partial charge on any atom is -0.457 e. The molecule has 0 radical (unpaired) electrons. The molecule has 16 heteroatoms. The van der Waals surface area contributed by atoms with Gasteiger partial charge in [-0.2, -0.15) is 0 Å². The Labute approximate surface area is 400 Å². The van der Waals surface area contributed by atoms with Crippen molar-refractivity contribution in [3.8, 4) is 22.8 Å². The van der Waals surface area contributed by atoms with E-state index in [0.717, 1.165) is 28.2 Å². The number of hydrogen-bond donors (Lipinski definition) is 2. The minimum atomic E-state index is -1.17. The van der Waals surface area contributed by atoms with Crippen molar-refractivity contribution < 1.29 is 33.4 Å². The van der Waals surface area contributed by atoms with Crippen molar-refractivity contribution in [2.75, 3.05) is 41.9 Å². The number of nitrogens with zero attached hydrogens (tertiary/aromatic N) is 6. The van der Waals surface area contributed by atoms with Crippen molar-refractivity contribution in [1.29, 1.82) is 0 Å². The van der Waals surface area contributed by atoms with E-state index in [0.29, 0.717) is 35.1 Å². The van der Waals surface area contributed by atoms with Crippen molar-refractivity contribution in [2.24, 2.45) is 13.0 Å². The van der Waals surface area contributed by atoms with E-state index < -0.39 is 53.8 Å². The number of rotatable bonds is 13. The third-order valence-electron chi connectivity index (χ3n) is 12.6. The molecule has 0 saturated carbocycles. The van der Waals surface area contributed by atoms with Gasteiger partial charge in [-0.15, -0.1) is 6.58 Å². The number of likely N-dealkylation sites (N-methyl/N-ethyl adjacent to an activating group) is 2. The Hall–Kier alpha value is -6.03. The van der Waals surface area contributed by atoms with Gasteiger partial charge < -0.3 is 44.3 Å². The lowest BCUT2D eigenvalue weighted by Gasteiger charge is -2.36. The van der Waals surface area contributed by atoms with E-state index >= 15 is 0 Å². The van der Waals surface area contributed by atoms with Gasteiger partial charge in [-0.25, -0.2) is 4.98 Å². The van der Waals surface area contributed by atoms with Crippen LogP contribution in [-0.2, 0) is 55.3 Å². The Kier molecular flexibility index (Phi) is 18.3. The molecule has 6 atom stereocenters. The van der Waals surface area contributed by atoms with Gasteiger partial charge in [0.2, 0.25) is 29.5 Å². The van der Waals surface area contributed by atoms with Gasteiger partial charge in [0.1, 0.15) is 29.4 Å². The number of ether oxygens (including phenoxy) is 2. The largest absolute Gasteiger partial charge is 0.457 e. The first-order valence-corrected chi connectivity index (χ1v) is 23.0. The number of amides is 5. The lowest BCUT2D eigenvalue weighted by Crippen LogP contribution is -2.58. The highest BCUT2D eigenvalue weighted by Crippen LogP contribution is 2.31. The molecule has 4 aromatic rings. The molecule has 3 aromatic carbocycles. The van der Waals surface area contributed by atoms with Crippen LogP contribution in [0.2, 0.25) is 5.02 Å². The normalized spacial score (nSPS) is 21.8. The fourth-order valence-corrected chi connectivity index (χ4v) is 8.32. The van der Waals surface area contributed by atoms with Gasteiger partial charge in [0.15, 0.2) is 0 Å². The van der Waals surface area contributed by atoms with Gasteiger partial charge in [-0.1, -0.05) is 41.9 Å². The van der Waals surface area contributed by atoms with Crippen LogP contribution in [-0.4, -0.2) is 131 Å². The molecule has 67 heavy (non-hydrogen) atoms. The summed E-state index contributed by atoms with van der Waals surface area (Å²) in [6, 6.07) is 16.5. The van der Waals surface area contributed by atoms with Crippen LogP contribution >= 0.6 is 11.6 Å². The Balaban J connectivity index is 1.51. The molecule has 1 fully saturated rings. The molecule has 1 aromatic heterocycles. The number of carbonyl (C=O) groups excluding carboxylic acids is 5. The lowest BCUT2D eigenvalue weighted by atomic mass is 9.96. The Morgan fingerprint density at radius 3 is 2.22 bits per heavy atom. The number of imidazole rings is 1. The first-order chi connectivity index (χ1) is 31.8. The second-order valence-electron chi connectivity index (χ2n) is 17.9. The van der Waals surface area contributed by atoms with E-state index in [1.54, 1.807) is 44.1 Å². The summed E-state index contributed by atoms with van der Waals surface area (Å²) in [6.45, 7) is 11.5. The number of nitrogens with one attached hydrogen (secondary N) is 2. The highest BCUT2D eigenvalue weighted by molar-refractivity contribution is 6.30.